The number of aliphatic hydroxyl groups excluding tert-OH is 1. The monoisotopic (exact) mass is 153 g/mol. The van der Waals surface area contributed by atoms with Gasteiger partial charge in [0, 0.05) is 13.0 Å². The van der Waals surface area contributed by atoms with Gasteiger partial charge < -0.3 is 10.0 Å². The summed E-state index contributed by atoms with van der Waals surface area (Å²) >= 11 is 0. The fraction of sp³-hybridized carbons (Fsp3) is 0.625. The summed E-state index contributed by atoms with van der Waals surface area (Å²) in [6, 6.07) is 0.0625. The van der Waals surface area contributed by atoms with E-state index in [1.807, 2.05) is 6.08 Å². The summed E-state index contributed by atoms with van der Waals surface area (Å²) in [6.07, 6.45) is 4.60. The Morgan fingerprint density at radius 1 is 1.64 bits per heavy atom. The Morgan fingerprint density at radius 2 is 2.45 bits per heavy atom. The lowest BCUT2D eigenvalue weighted by atomic mass is 10.1. The first-order chi connectivity index (χ1) is 5.29. The van der Waals surface area contributed by atoms with E-state index in [1.54, 1.807) is 11.0 Å². The van der Waals surface area contributed by atoms with Crippen LogP contribution in [0.4, 0.5) is 0 Å². The number of carbonyl (C=O) groups is 1. The molecule has 1 fully saturated rings. The van der Waals surface area contributed by atoms with Crippen LogP contribution in [0.3, 0.4) is 0 Å². The minimum atomic E-state index is -0.435. The first-order valence-electron chi connectivity index (χ1n) is 3.93. The number of aliphatic hydroxyl groups is 1. The summed E-state index contributed by atoms with van der Waals surface area (Å²) in [5.41, 5.74) is 0. The van der Waals surface area contributed by atoms with Gasteiger partial charge in [-0.05, 0) is 6.42 Å². The second-order valence-electron chi connectivity index (χ2n) is 3.07. The van der Waals surface area contributed by atoms with E-state index in [1.165, 1.54) is 0 Å². The van der Waals surface area contributed by atoms with Crippen LogP contribution in [0, 0.1) is 0 Å². The van der Waals surface area contributed by atoms with Gasteiger partial charge in [0.25, 0.3) is 0 Å². The van der Waals surface area contributed by atoms with Crippen LogP contribution in [0.1, 0.15) is 12.8 Å². The van der Waals surface area contributed by atoms with Gasteiger partial charge in [-0.1, -0.05) is 12.2 Å². The average Bonchev–Trinajstić information content (AvgIpc) is 2.35. The number of hydrogen-bond acceptors (Lipinski definition) is 2. The summed E-state index contributed by atoms with van der Waals surface area (Å²) in [7, 11) is 0. The van der Waals surface area contributed by atoms with Crippen molar-refractivity contribution in [3.05, 3.63) is 12.2 Å². The molecule has 2 atom stereocenters. The molecule has 3 heteroatoms. The zero-order valence-corrected chi connectivity index (χ0v) is 6.23. The Bertz CT molecular complexity index is 212. The van der Waals surface area contributed by atoms with Crippen molar-refractivity contribution in [1.82, 2.24) is 4.90 Å². The van der Waals surface area contributed by atoms with Crippen LogP contribution in [0.15, 0.2) is 12.2 Å². The third-order valence-corrected chi connectivity index (χ3v) is 2.40. The van der Waals surface area contributed by atoms with E-state index in [-0.39, 0.29) is 11.9 Å². The van der Waals surface area contributed by atoms with Crippen molar-refractivity contribution < 1.29 is 9.90 Å². The minimum Gasteiger partial charge on any atom is -0.387 e. The van der Waals surface area contributed by atoms with Gasteiger partial charge >= 0.3 is 0 Å². The molecule has 3 nitrogen and oxygen atoms in total. The normalized spacial score (nSPS) is 36.1. The van der Waals surface area contributed by atoms with Gasteiger partial charge in [0.2, 0.25) is 5.91 Å². The van der Waals surface area contributed by atoms with Crippen LogP contribution in [-0.4, -0.2) is 34.6 Å². The fourth-order valence-electron chi connectivity index (χ4n) is 1.79. The minimum absolute atomic E-state index is 0.0625. The molecule has 0 radical (unpaired) electrons. The Morgan fingerprint density at radius 3 is 3.18 bits per heavy atom. The van der Waals surface area contributed by atoms with Gasteiger partial charge in [-0.2, -0.15) is 0 Å². The van der Waals surface area contributed by atoms with Crippen LogP contribution in [0.25, 0.3) is 0 Å². The molecule has 60 valence electrons. The molecule has 2 aliphatic rings. The Balaban J connectivity index is 2.21. The van der Waals surface area contributed by atoms with Crippen LogP contribution in [0.2, 0.25) is 0 Å². The average molecular weight is 153 g/mol. The molecule has 11 heavy (non-hydrogen) atoms. The summed E-state index contributed by atoms with van der Waals surface area (Å²) in [5.74, 6) is 0.179. The highest BCUT2D eigenvalue weighted by molar-refractivity contribution is 5.79. The lowest BCUT2D eigenvalue weighted by Gasteiger charge is -2.29. The maximum atomic E-state index is 11.1. The number of amides is 1. The van der Waals surface area contributed by atoms with E-state index in [9.17, 15) is 9.90 Å². The molecule has 2 heterocycles. The van der Waals surface area contributed by atoms with Crippen molar-refractivity contribution in [2.24, 2.45) is 0 Å². The molecule has 1 N–H and O–H groups in total. The first kappa shape index (κ1) is 6.85. The fourth-order valence-corrected chi connectivity index (χ4v) is 1.79. The van der Waals surface area contributed by atoms with Crippen molar-refractivity contribution in [2.45, 2.75) is 25.0 Å². The third kappa shape index (κ3) is 0.959. The molecule has 1 amide bonds. The highest BCUT2D eigenvalue weighted by Crippen LogP contribution is 2.24. The second kappa shape index (κ2) is 2.34. The molecule has 0 aromatic carbocycles. The number of fused-ring (bicyclic) bond motifs is 1. The Kier molecular flexibility index (Phi) is 1.46. The van der Waals surface area contributed by atoms with Crippen molar-refractivity contribution in [2.75, 3.05) is 6.54 Å². The van der Waals surface area contributed by atoms with Crippen molar-refractivity contribution >= 4 is 5.91 Å². The number of nitrogens with zero attached hydrogens (tertiary/aromatic N) is 1. The zero-order chi connectivity index (χ0) is 7.84. The highest BCUT2D eigenvalue weighted by atomic mass is 16.3. The SMILES string of the molecule is O=C1CC[C@@H]2[C@H](O)C=CCN12. The second-order valence-corrected chi connectivity index (χ2v) is 3.07. The lowest BCUT2D eigenvalue weighted by Crippen LogP contribution is -2.42. The molecular formula is C8H11NO2. The van der Waals surface area contributed by atoms with Crippen LogP contribution >= 0.6 is 0 Å². The largest absolute Gasteiger partial charge is 0.387 e. The Labute approximate surface area is 65.3 Å². The van der Waals surface area contributed by atoms with Gasteiger partial charge in [0.15, 0.2) is 0 Å². The molecule has 0 aromatic rings. The van der Waals surface area contributed by atoms with Crippen molar-refractivity contribution in [3.8, 4) is 0 Å². The van der Waals surface area contributed by atoms with Gasteiger partial charge in [0.1, 0.15) is 0 Å². The van der Waals surface area contributed by atoms with E-state index >= 15 is 0 Å². The number of carbonyl (C=O) groups excluding carboxylic acids is 1. The lowest BCUT2D eigenvalue weighted by molar-refractivity contribution is -0.129. The standard InChI is InChI=1S/C8H11NO2/c10-7-2-1-5-9-6(7)3-4-8(9)11/h1-2,6-7,10H,3-5H2/t6-,7-/m1/s1. The summed E-state index contributed by atoms with van der Waals surface area (Å²) in [5, 5.41) is 9.42. The Hall–Kier alpha value is -0.830. The molecular weight excluding hydrogens is 142 g/mol. The number of hydrogen-bond donors (Lipinski definition) is 1. The van der Waals surface area contributed by atoms with Crippen LogP contribution < -0.4 is 0 Å². The van der Waals surface area contributed by atoms with E-state index < -0.39 is 6.10 Å². The maximum Gasteiger partial charge on any atom is 0.223 e. The molecule has 1 saturated heterocycles. The van der Waals surface area contributed by atoms with E-state index in [0.29, 0.717) is 13.0 Å². The van der Waals surface area contributed by atoms with Crippen molar-refractivity contribution in [1.29, 1.82) is 0 Å². The van der Waals surface area contributed by atoms with E-state index in [0.717, 1.165) is 6.42 Å². The highest BCUT2D eigenvalue weighted by Gasteiger charge is 2.35. The summed E-state index contributed by atoms with van der Waals surface area (Å²) in [4.78, 5) is 12.9. The zero-order valence-electron chi connectivity index (χ0n) is 6.23. The molecule has 2 rings (SSSR count). The molecule has 0 spiro atoms. The maximum absolute atomic E-state index is 11.1. The smallest absolute Gasteiger partial charge is 0.223 e. The van der Waals surface area contributed by atoms with Gasteiger partial charge in [0.05, 0.1) is 12.1 Å². The van der Waals surface area contributed by atoms with E-state index in [2.05, 4.69) is 0 Å². The summed E-state index contributed by atoms with van der Waals surface area (Å²) in [6.45, 7) is 0.681. The molecule has 0 aliphatic carbocycles. The first-order valence-corrected chi connectivity index (χ1v) is 3.93. The number of rotatable bonds is 0. The quantitative estimate of drug-likeness (QED) is 0.494. The predicted octanol–water partition coefficient (Wildman–Crippen LogP) is -0.0919. The van der Waals surface area contributed by atoms with Crippen LogP contribution in [-0.2, 0) is 4.79 Å². The van der Waals surface area contributed by atoms with Gasteiger partial charge in [-0.15, -0.1) is 0 Å². The van der Waals surface area contributed by atoms with Crippen LogP contribution in [0.5, 0.6) is 0 Å². The molecule has 0 aromatic heterocycles. The summed E-state index contributed by atoms with van der Waals surface area (Å²) < 4.78 is 0. The third-order valence-electron chi connectivity index (χ3n) is 2.40. The molecule has 0 saturated carbocycles. The predicted molar refractivity (Wildman–Crippen MR) is 39.9 cm³/mol. The van der Waals surface area contributed by atoms with Gasteiger partial charge in [-0.3, -0.25) is 4.79 Å². The topological polar surface area (TPSA) is 40.5 Å². The van der Waals surface area contributed by atoms with Gasteiger partial charge in [-0.25, -0.2) is 0 Å². The molecule has 2 aliphatic heterocycles. The molecule has 0 unspecified atom stereocenters. The molecule has 0 bridgehead atoms. The van der Waals surface area contributed by atoms with Crippen molar-refractivity contribution in [3.63, 3.8) is 0 Å². The van der Waals surface area contributed by atoms with E-state index in [4.69, 9.17) is 0 Å².